The van der Waals surface area contributed by atoms with E-state index in [1.54, 1.807) is 0 Å². The zero-order valence-corrected chi connectivity index (χ0v) is 20.6. The van der Waals surface area contributed by atoms with E-state index < -0.39 is 6.36 Å². The van der Waals surface area contributed by atoms with Crippen molar-refractivity contribution in [2.24, 2.45) is 5.73 Å². The Hall–Kier alpha value is -3.92. The summed E-state index contributed by atoms with van der Waals surface area (Å²) in [6.07, 6.45) is -3.23. The van der Waals surface area contributed by atoms with Crippen molar-refractivity contribution in [1.29, 1.82) is 0 Å². The van der Waals surface area contributed by atoms with Crippen LogP contribution >= 0.6 is 12.2 Å². The molecule has 0 fully saturated rings. The number of nitrogens with two attached hydrogens (primary N) is 1. The molecule has 0 amide bonds. The molecule has 0 spiro atoms. The molecule has 4 aromatic rings. The Kier molecular flexibility index (Phi) is 6.98. The largest absolute Gasteiger partial charge is 0.573 e. The Morgan fingerprint density at radius 2 is 1.67 bits per heavy atom. The van der Waals surface area contributed by atoms with Crippen molar-refractivity contribution in [2.75, 3.05) is 5.32 Å². The molecule has 186 valence electrons. The van der Waals surface area contributed by atoms with Crippen molar-refractivity contribution >= 4 is 23.0 Å². The first-order valence-corrected chi connectivity index (χ1v) is 11.5. The van der Waals surface area contributed by atoms with E-state index in [-0.39, 0.29) is 16.8 Å². The third-order valence-electron chi connectivity index (χ3n) is 5.56. The van der Waals surface area contributed by atoms with Crippen molar-refractivity contribution < 1.29 is 17.9 Å². The van der Waals surface area contributed by atoms with Crippen LogP contribution in [0.25, 0.3) is 28.2 Å². The fourth-order valence-electron chi connectivity index (χ4n) is 3.87. The fourth-order valence-corrected chi connectivity index (χ4v) is 3.98. The minimum atomic E-state index is -4.74. The molecule has 0 atom stereocenters. The summed E-state index contributed by atoms with van der Waals surface area (Å²) in [6, 6.07) is 17.5. The standard InChI is InChI=1S/C26H24F3N5OS/c1-15(2)21-13-22(16(3)12-23(21)32-25(30)36)17-4-6-18(7-5-17)24-31-14-34(33-24)19-8-10-20(11-9-19)35-26(27,28)29/h4-15H,1-3H3,(H3,30,32,36). The van der Waals surface area contributed by atoms with Crippen molar-refractivity contribution in [3.05, 3.63) is 78.1 Å². The SMILES string of the molecule is Cc1cc(NC(N)=S)c(C(C)C)cc1-c1ccc(-c2ncn(-c3ccc(OC(F)(F)F)cc3)n2)cc1. The van der Waals surface area contributed by atoms with Gasteiger partial charge >= 0.3 is 6.36 Å². The second-order valence-corrected chi connectivity index (χ2v) is 8.97. The number of nitrogens with one attached hydrogen (secondary N) is 1. The molecule has 0 aliphatic heterocycles. The minimum Gasteiger partial charge on any atom is -0.406 e. The molecule has 0 bridgehead atoms. The summed E-state index contributed by atoms with van der Waals surface area (Å²) in [7, 11) is 0. The van der Waals surface area contributed by atoms with Gasteiger partial charge in [-0.2, -0.15) is 0 Å². The highest BCUT2D eigenvalue weighted by molar-refractivity contribution is 7.80. The van der Waals surface area contributed by atoms with Crippen LogP contribution in [-0.2, 0) is 0 Å². The summed E-state index contributed by atoms with van der Waals surface area (Å²) in [5, 5.41) is 7.76. The van der Waals surface area contributed by atoms with Gasteiger partial charge in [0.25, 0.3) is 0 Å². The van der Waals surface area contributed by atoms with Gasteiger partial charge in [0.2, 0.25) is 0 Å². The van der Waals surface area contributed by atoms with Crippen LogP contribution < -0.4 is 15.8 Å². The first-order valence-electron chi connectivity index (χ1n) is 11.1. The third-order valence-corrected chi connectivity index (χ3v) is 5.66. The van der Waals surface area contributed by atoms with Gasteiger partial charge in [-0.3, -0.25) is 0 Å². The lowest BCUT2D eigenvalue weighted by atomic mass is 9.92. The summed E-state index contributed by atoms with van der Waals surface area (Å²) in [4.78, 5) is 4.35. The van der Waals surface area contributed by atoms with E-state index >= 15 is 0 Å². The number of hydrogen-bond donors (Lipinski definition) is 2. The molecule has 3 aromatic carbocycles. The van der Waals surface area contributed by atoms with E-state index in [1.165, 1.54) is 35.3 Å². The predicted molar refractivity (Wildman–Crippen MR) is 138 cm³/mol. The molecule has 36 heavy (non-hydrogen) atoms. The molecule has 0 unspecified atom stereocenters. The van der Waals surface area contributed by atoms with Gasteiger partial charge in [0.05, 0.1) is 5.69 Å². The van der Waals surface area contributed by atoms with Crippen LogP contribution in [0.1, 0.15) is 30.9 Å². The first kappa shape index (κ1) is 25.2. The van der Waals surface area contributed by atoms with Gasteiger partial charge in [0.15, 0.2) is 10.9 Å². The van der Waals surface area contributed by atoms with E-state index in [0.717, 1.165) is 33.5 Å². The highest BCUT2D eigenvalue weighted by Crippen LogP contribution is 2.34. The molecule has 0 saturated carbocycles. The molecular formula is C26H24F3N5OS. The van der Waals surface area contributed by atoms with Crippen LogP contribution in [-0.4, -0.2) is 26.2 Å². The number of anilines is 1. The molecule has 1 heterocycles. The summed E-state index contributed by atoms with van der Waals surface area (Å²) in [6.45, 7) is 6.26. The zero-order chi connectivity index (χ0) is 26.0. The van der Waals surface area contributed by atoms with E-state index in [1.807, 2.05) is 37.3 Å². The summed E-state index contributed by atoms with van der Waals surface area (Å²) >= 11 is 5.02. The second-order valence-electron chi connectivity index (χ2n) is 8.53. The van der Waals surface area contributed by atoms with E-state index in [4.69, 9.17) is 18.0 Å². The van der Waals surface area contributed by atoms with Crippen LogP contribution in [0.5, 0.6) is 5.75 Å². The average Bonchev–Trinajstić information content (AvgIpc) is 3.28. The van der Waals surface area contributed by atoms with Crippen LogP contribution in [0.3, 0.4) is 0 Å². The molecule has 0 radical (unpaired) electrons. The molecule has 3 N–H and O–H groups in total. The smallest absolute Gasteiger partial charge is 0.406 e. The van der Waals surface area contributed by atoms with E-state index in [9.17, 15) is 13.2 Å². The monoisotopic (exact) mass is 511 g/mol. The molecule has 6 nitrogen and oxygen atoms in total. The normalized spacial score (nSPS) is 11.5. The van der Waals surface area contributed by atoms with Gasteiger partial charge < -0.3 is 15.8 Å². The van der Waals surface area contributed by atoms with Crippen LogP contribution in [0.4, 0.5) is 18.9 Å². The van der Waals surface area contributed by atoms with E-state index in [0.29, 0.717) is 11.5 Å². The first-order chi connectivity index (χ1) is 17.0. The highest BCUT2D eigenvalue weighted by Gasteiger charge is 2.31. The lowest BCUT2D eigenvalue weighted by molar-refractivity contribution is -0.274. The zero-order valence-electron chi connectivity index (χ0n) is 19.8. The number of rotatable bonds is 6. The number of aryl methyl sites for hydroxylation is 1. The summed E-state index contributed by atoms with van der Waals surface area (Å²) in [5.74, 6) is 0.461. The topological polar surface area (TPSA) is 78.0 Å². The predicted octanol–water partition coefficient (Wildman–Crippen LogP) is 6.59. The van der Waals surface area contributed by atoms with Crippen molar-refractivity contribution in [2.45, 2.75) is 33.1 Å². The number of aromatic nitrogens is 3. The number of hydrogen-bond acceptors (Lipinski definition) is 4. The van der Waals surface area contributed by atoms with Crippen molar-refractivity contribution in [3.8, 4) is 34.0 Å². The Bertz CT molecular complexity index is 1380. The molecule has 0 aliphatic rings. The highest BCUT2D eigenvalue weighted by atomic mass is 32.1. The number of ether oxygens (including phenoxy) is 1. The summed E-state index contributed by atoms with van der Waals surface area (Å²) < 4.78 is 42.5. The van der Waals surface area contributed by atoms with Gasteiger partial charge in [0.1, 0.15) is 12.1 Å². The van der Waals surface area contributed by atoms with Crippen LogP contribution in [0, 0.1) is 6.92 Å². The van der Waals surface area contributed by atoms with Gasteiger partial charge in [-0.25, -0.2) is 9.67 Å². The van der Waals surface area contributed by atoms with Gasteiger partial charge in [-0.1, -0.05) is 38.1 Å². The van der Waals surface area contributed by atoms with Gasteiger partial charge in [-0.15, -0.1) is 18.3 Å². The molecule has 4 rings (SSSR count). The quantitative estimate of drug-likeness (QED) is 0.285. The minimum absolute atomic E-state index is 0.228. The lowest BCUT2D eigenvalue weighted by Crippen LogP contribution is -2.20. The number of thiocarbonyl (C=S) groups is 1. The Morgan fingerprint density at radius 3 is 2.25 bits per heavy atom. The third kappa shape index (κ3) is 5.83. The molecule has 10 heteroatoms. The van der Waals surface area contributed by atoms with Gasteiger partial charge in [0, 0.05) is 11.3 Å². The lowest BCUT2D eigenvalue weighted by Gasteiger charge is -2.18. The summed E-state index contributed by atoms with van der Waals surface area (Å²) in [5.41, 5.74) is 12.3. The Labute approximate surface area is 211 Å². The maximum atomic E-state index is 12.4. The molecule has 0 saturated heterocycles. The van der Waals surface area contributed by atoms with E-state index in [2.05, 4.69) is 40.1 Å². The number of benzene rings is 3. The maximum Gasteiger partial charge on any atom is 0.573 e. The second kappa shape index (κ2) is 9.98. The number of alkyl halides is 3. The Morgan fingerprint density at radius 1 is 1.03 bits per heavy atom. The van der Waals surface area contributed by atoms with Crippen LogP contribution in [0.15, 0.2) is 67.0 Å². The number of halogens is 3. The number of nitrogens with zero attached hydrogens (tertiary/aromatic N) is 3. The molecule has 1 aromatic heterocycles. The maximum absolute atomic E-state index is 12.4. The molecular weight excluding hydrogens is 487 g/mol. The van der Waals surface area contributed by atoms with Crippen molar-refractivity contribution in [3.63, 3.8) is 0 Å². The fraction of sp³-hybridized carbons (Fsp3) is 0.192. The average molecular weight is 512 g/mol. The molecule has 0 aliphatic carbocycles. The Balaban J connectivity index is 1.57. The van der Waals surface area contributed by atoms with Crippen LogP contribution in [0.2, 0.25) is 0 Å². The van der Waals surface area contributed by atoms with Crippen molar-refractivity contribution in [1.82, 2.24) is 14.8 Å². The van der Waals surface area contributed by atoms with Gasteiger partial charge in [-0.05, 0) is 83.7 Å².